The van der Waals surface area contributed by atoms with Crippen molar-refractivity contribution in [2.24, 2.45) is 5.10 Å². The van der Waals surface area contributed by atoms with E-state index in [1.807, 2.05) is 7.05 Å². The fourth-order valence-electron chi connectivity index (χ4n) is 2.90. The molecule has 0 atom stereocenters. The number of benzene rings is 3. The van der Waals surface area contributed by atoms with E-state index in [-0.39, 0.29) is 28.4 Å². The van der Waals surface area contributed by atoms with E-state index in [9.17, 15) is 14.7 Å². The van der Waals surface area contributed by atoms with Crippen molar-refractivity contribution in [1.29, 1.82) is 5.41 Å². The van der Waals surface area contributed by atoms with Gasteiger partial charge >= 0.3 is 5.97 Å². The molecule has 176 valence electrons. The average Bonchev–Trinajstić information content (AvgIpc) is 2.82. The molecule has 0 amide bonds. The topological polar surface area (TPSA) is 135 Å². The third-order valence-corrected chi connectivity index (χ3v) is 5.04. The number of carboxylic acid groups (broad SMARTS) is 1. The van der Waals surface area contributed by atoms with Crippen LogP contribution in [0.15, 0.2) is 65.8 Å². The molecule has 0 aliphatic carbocycles. The maximum atomic E-state index is 11.1. The van der Waals surface area contributed by atoms with Gasteiger partial charge in [0.05, 0.1) is 17.0 Å². The van der Waals surface area contributed by atoms with Crippen LogP contribution in [-0.4, -0.2) is 40.9 Å². The third kappa shape index (κ3) is 6.77. The van der Waals surface area contributed by atoms with Gasteiger partial charge in [0.15, 0.2) is 6.29 Å². The molecule has 8 heteroatoms. The Morgan fingerprint density at radius 3 is 2.32 bits per heavy atom. The molecular weight excluding hydrogens is 432 g/mol. The van der Waals surface area contributed by atoms with Crippen LogP contribution in [-0.2, 0) is 4.79 Å². The first-order valence-electron chi connectivity index (χ1n) is 10.4. The van der Waals surface area contributed by atoms with Crippen molar-refractivity contribution in [3.63, 3.8) is 0 Å². The standard InChI is InChI=1S/C17H15N3O4.C9H13N/c1-10(18)15(9-21)20-19-14-7-3-6-13(16(14)22)11-4-2-5-12(8-11)17(23)24;1-7-4-5-9(10-3)6-8(7)2/h2-9,18-19,22H,1H3,(H,23,24);4-6,10H,1-3H3/b18-10?,20-15+;. The number of para-hydroxylation sites is 1. The number of nitrogens with one attached hydrogen (secondary N) is 3. The SMILES string of the molecule is CC(=N)/C(C=O)=N/Nc1cccc(-c2cccc(C(=O)O)c2)c1O.CNc1ccc(C)c(C)c1. The van der Waals surface area contributed by atoms with Gasteiger partial charge in [-0.2, -0.15) is 5.10 Å². The second-order valence-corrected chi connectivity index (χ2v) is 7.49. The number of phenolic OH excluding ortho intramolecular Hbond substituents is 1. The Bertz CT molecular complexity index is 1240. The number of carbonyl (C=O) groups excluding carboxylic acids is 1. The maximum absolute atomic E-state index is 11.1. The van der Waals surface area contributed by atoms with Crippen molar-refractivity contribution in [2.45, 2.75) is 20.8 Å². The van der Waals surface area contributed by atoms with Crippen LogP contribution in [0.3, 0.4) is 0 Å². The molecule has 0 radical (unpaired) electrons. The van der Waals surface area contributed by atoms with Gasteiger partial charge in [-0.3, -0.25) is 10.2 Å². The molecule has 3 rings (SSSR count). The molecule has 0 aliphatic heterocycles. The first kappa shape index (κ1) is 25.8. The van der Waals surface area contributed by atoms with Crippen molar-refractivity contribution >= 4 is 35.1 Å². The van der Waals surface area contributed by atoms with E-state index < -0.39 is 5.97 Å². The van der Waals surface area contributed by atoms with Crippen LogP contribution in [0, 0.1) is 19.3 Å². The highest BCUT2D eigenvalue weighted by Crippen LogP contribution is 2.35. The van der Waals surface area contributed by atoms with Crippen LogP contribution >= 0.6 is 0 Å². The summed E-state index contributed by atoms with van der Waals surface area (Å²) in [5.41, 5.74) is 7.58. The molecule has 0 saturated carbocycles. The van der Waals surface area contributed by atoms with Gasteiger partial charge in [-0.15, -0.1) is 0 Å². The normalized spacial score (nSPS) is 10.5. The molecule has 34 heavy (non-hydrogen) atoms. The van der Waals surface area contributed by atoms with E-state index in [2.05, 4.69) is 47.9 Å². The van der Waals surface area contributed by atoms with Gasteiger partial charge < -0.3 is 20.9 Å². The molecule has 0 saturated heterocycles. The summed E-state index contributed by atoms with van der Waals surface area (Å²) in [4.78, 5) is 21.9. The zero-order valence-corrected chi connectivity index (χ0v) is 19.5. The lowest BCUT2D eigenvalue weighted by molar-refractivity contribution is -0.102. The van der Waals surface area contributed by atoms with Gasteiger partial charge in [0.25, 0.3) is 0 Å². The number of hydrogen-bond acceptors (Lipinski definition) is 7. The number of hydrogen-bond donors (Lipinski definition) is 5. The largest absolute Gasteiger partial charge is 0.505 e. The second-order valence-electron chi connectivity index (χ2n) is 7.49. The molecule has 0 heterocycles. The van der Waals surface area contributed by atoms with Gasteiger partial charge in [0, 0.05) is 18.3 Å². The molecule has 8 nitrogen and oxygen atoms in total. The summed E-state index contributed by atoms with van der Waals surface area (Å²) in [6.07, 6.45) is 0.437. The van der Waals surface area contributed by atoms with Crippen LogP contribution in [0.1, 0.15) is 28.4 Å². The minimum Gasteiger partial charge on any atom is -0.505 e. The highest BCUT2D eigenvalue weighted by Gasteiger charge is 2.11. The Morgan fingerprint density at radius 2 is 1.74 bits per heavy atom. The van der Waals surface area contributed by atoms with Crippen LogP contribution in [0.4, 0.5) is 11.4 Å². The van der Waals surface area contributed by atoms with E-state index in [1.54, 1.807) is 30.3 Å². The van der Waals surface area contributed by atoms with Crippen molar-refractivity contribution < 1.29 is 19.8 Å². The zero-order chi connectivity index (χ0) is 25.3. The fraction of sp³-hybridized carbons (Fsp3) is 0.154. The number of nitrogens with zero attached hydrogens (tertiary/aromatic N) is 1. The van der Waals surface area contributed by atoms with Crippen LogP contribution in [0.2, 0.25) is 0 Å². The molecule has 0 spiro atoms. The molecule has 0 aromatic heterocycles. The summed E-state index contributed by atoms with van der Waals surface area (Å²) >= 11 is 0. The summed E-state index contributed by atoms with van der Waals surface area (Å²) in [5.74, 6) is -1.20. The summed E-state index contributed by atoms with van der Waals surface area (Å²) in [7, 11) is 1.93. The molecule has 3 aromatic carbocycles. The number of aromatic carboxylic acids is 1. The molecular formula is C26H28N4O4. The summed E-state index contributed by atoms with van der Waals surface area (Å²) in [5, 5.41) is 33.7. The number of aromatic hydroxyl groups is 1. The molecule has 0 bridgehead atoms. The van der Waals surface area contributed by atoms with Crippen LogP contribution in [0.5, 0.6) is 5.75 Å². The predicted octanol–water partition coefficient (Wildman–Crippen LogP) is 5.11. The molecule has 3 aromatic rings. The average molecular weight is 461 g/mol. The Kier molecular flexibility index (Phi) is 9.08. The minimum atomic E-state index is -1.06. The Hall–Kier alpha value is -4.46. The summed E-state index contributed by atoms with van der Waals surface area (Å²) in [6, 6.07) is 17.4. The van der Waals surface area contributed by atoms with Crippen LogP contribution < -0.4 is 10.7 Å². The molecule has 0 unspecified atom stereocenters. The van der Waals surface area contributed by atoms with Crippen molar-refractivity contribution in [3.8, 4) is 16.9 Å². The first-order chi connectivity index (χ1) is 16.2. The van der Waals surface area contributed by atoms with Crippen molar-refractivity contribution in [3.05, 3.63) is 77.4 Å². The van der Waals surface area contributed by atoms with E-state index in [1.165, 1.54) is 35.9 Å². The molecule has 0 fully saturated rings. The number of anilines is 2. The van der Waals surface area contributed by atoms with Crippen LogP contribution in [0.25, 0.3) is 11.1 Å². The summed E-state index contributed by atoms with van der Waals surface area (Å²) in [6.45, 7) is 5.66. The Morgan fingerprint density at radius 1 is 1.03 bits per heavy atom. The van der Waals surface area contributed by atoms with Gasteiger partial charge in [-0.05, 0) is 67.8 Å². The predicted molar refractivity (Wildman–Crippen MR) is 136 cm³/mol. The van der Waals surface area contributed by atoms with Gasteiger partial charge in [0.1, 0.15) is 11.5 Å². The number of aryl methyl sites for hydroxylation is 2. The zero-order valence-electron chi connectivity index (χ0n) is 19.5. The van der Waals surface area contributed by atoms with Crippen molar-refractivity contribution in [1.82, 2.24) is 0 Å². The van der Waals surface area contributed by atoms with E-state index >= 15 is 0 Å². The lowest BCUT2D eigenvalue weighted by Crippen LogP contribution is -2.12. The summed E-state index contributed by atoms with van der Waals surface area (Å²) < 4.78 is 0. The number of carbonyl (C=O) groups is 2. The number of carboxylic acids is 1. The second kappa shape index (κ2) is 12.0. The molecule has 0 aliphatic rings. The van der Waals surface area contributed by atoms with Crippen molar-refractivity contribution in [2.75, 3.05) is 17.8 Å². The van der Waals surface area contributed by atoms with E-state index in [4.69, 9.17) is 10.5 Å². The van der Waals surface area contributed by atoms with Gasteiger partial charge in [0.2, 0.25) is 0 Å². The van der Waals surface area contributed by atoms with E-state index in [0.29, 0.717) is 17.4 Å². The van der Waals surface area contributed by atoms with Gasteiger partial charge in [-0.25, -0.2) is 4.79 Å². The highest BCUT2D eigenvalue weighted by atomic mass is 16.4. The minimum absolute atomic E-state index is 0.0118. The number of phenols is 1. The Labute approximate surface area is 198 Å². The highest BCUT2D eigenvalue weighted by molar-refractivity contribution is 6.60. The lowest BCUT2D eigenvalue weighted by Gasteiger charge is -2.10. The van der Waals surface area contributed by atoms with E-state index in [0.717, 1.165) is 0 Å². The smallest absolute Gasteiger partial charge is 0.335 e. The monoisotopic (exact) mass is 460 g/mol. The Balaban J connectivity index is 0.000000340. The van der Waals surface area contributed by atoms with Gasteiger partial charge in [-0.1, -0.05) is 30.3 Å². The molecule has 5 N–H and O–H groups in total. The third-order valence-electron chi connectivity index (χ3n) is 5.04. The number of hydrazone groups is 1. The lowest BCUT2D eigenvalue weighted by atomic mass is 10.0. The number of rotatable bonds is 7. The first-order valence-corrected chi connectivity index (χ1v) is 10.4. The maximum Gasteiger partial charge on any atom is 0.335 e. The number of aldehydes is 1. The fourth-order valence-corrected chi connectivity index (χ4v) is 2.90. The quantitative estimate of drug-likeness (QED) is 0.144.